The molecular weight excluding hydrogens is 285 g/mol. The van der Waals surface area contributed by atoms with Gasteiger partial charge in [0.05, 0.1) is 23.4 Å². The largest absolute Gasteiger partial charge is 0.506 e. The lowest BCUT2D eigenvalue weighted by Crippen LogP contribution is -2.23. The first-order valence-corrected chi connectivity index (χ1v) is 5.42. The van der Waals surface area contributed by atoms with Crippen molar-refractivity contribution < 1.29 is 15.3 Å². The molecule has 1 unspecified atom stereocenters. The average Bonchev–Trinajstić information content (AvgIpc) is 2.21. The lowest BCUT2D eigenvalue weighted by molar-refractivity contribution is 0.105. The van der Waals surface area contributed by atoms with E-state index in [0.29, 0.717) is 10.2 Å². The van der Waals surface area contributed by atoms with Crippen LogP contribution in [0.3, 0.4) is 0 Å². The second kappa shape index (κ2) is 5.55. The maximum absolute atomic E-state index is 9.34. The van der Waals surface area contributed by atoms with Gasteiger partial charge >= 0.3 is 0 Å². The van der Waals surface area contributed by atoms with Gasteiger partial charge in [-0.2, -0.15) is 0 Å². The van der Waals surface area contributed by atoms with Gasteiger partial charge in [-0.05, 0) is 22.0 Å². The van der Waals surface area contributed by atoms with Crippen LogP contribution in [0.15, 0.2) is 16.6 Å². The number of hydrogen-bond donors (Lipinski definition) is 4. The van der Waals surface area contributed by atoms with Crippen LogP contribution in [0.2, 0.25) is 5.02 Å². The average molecular weight is 297 g/mol. The molecule has 6 heteroatoms. The summed E-state index contributed by atoms with van der Waals surface area (Å²) in [5.74, 6) is -0.0409. The van der Waals surface area contributed by atoms with Gasteiger partial charge in [0.2, 0.25) is 0 Å². The zero-order valence-electron chi connectivity index (χ0n) is 7.74. The Morgan fingerprint density at radius 3 is 2.73 bits per heavy atom. The predicted octanol–water partition coefficient (Wildman–Crippen LogP) is 1.57. The third kappa shape index (κ3) is 3.53. The molecule has 0 radical (unpaired) electrons. The van der Waals surface area contributed by atoms with Crippen LogP contribution in [0, 0.1) is 0 Å². The molecule has 0 aliphatic heterocycles. The molecule has 0 aliphatic carbocycles. The van der Waals surface area contributed by atoms with Gasteiger partial charge in [-0.15, -0.1) is 0 Å². The van der Waals surface area contributed by atoms with E-state index >= 15 is 0 Å². The Bertz CT molecular complexity index is 348. The number of hydrogen-bond acceptors (Lipinski definition) is 4. The number of anilines is 1. The monoisotopic (exact) mass is 295 g/mol. The maximum Gasteiger partial charge on any atom is 0.136 e. The van der Waals surface area contributed by atoms with Gasteiger partial charge in [0.1, 0.15) is 5.75 Å². The molecule has 1 aromatic rings. The van der Waals surface area contributed by atoms with Gasteiger partial charge in [0.25, 0.3) is 0 Å². The fraction of sp³-hybridized carbons (Fsp3) is 0.333. The van der Waals surface area contributed by atoms with E-state index in [1.54, 1.807) is 6.07 Å². The number of rotatable bonds is 4. The molecule has 1 rings (SSSR count). The topological polar surface area (TPSA) is 72.7 Å². The molecule has 1 atom stereocenters. The summed E-state index contributed by atoms with van der Waals surface area (Å²) in [5, 5.41) is 30.2. The van der Waals surface area contributed by atoms with Crippen molar-refractivity contribution in [3.05, 3.63) is 21.6 Å². The van der Waals surface area contributed by atoms with E-state index in [1.807, 2.05) is 0 Å². The van der Waals surface area contributed by atoms with Crippen molar-refractivity contribution in [3.8, 4) is 5.75 Å². The van der Waals surface area contributed by atoms with Gasteiger partial charge < -0.3 is 20.6 Å². The third-order valence-corrected chi connectivity index (χ3v) is 2.73. The minimum Gasteiger partial charge on any atom is -0.506 e. The highest BCUT2D eigenvalue weighted by Crippen LogP contribution is 2.33. The standard InChI is InChI=1S/C9H11BrClNO3/c10-6-1-7(11)9(15)2-8(6)12-3-5(14)4-13/h1-2,5,12-15H,3-4H2. The first-order valence-electron chi connectivity index (χ1n) is 4.25. The molecule has 0 heterocycles. The molecular formula is C9H11BrClNO3. The van der Waals surface area contributed by atoms with Crippen molar-refractivity contribution in [1.82, 2.24) is 0 Å². The molecule has 0 saturated heterocycles. The SMILES string of the molecule is OCC(O)CNc1cc(O)c(Cl)cc1Br. The Balaban J connectivity index is 2.73. The molecule has 1 aromatic carbocycles. The first kappa shape index (κ1) is 12.6. The zero-order valence-corrected chi connectivity index (χ0v) is 10.1. The van der Waals surface area contributed by atoms with Gasteiger partial charge in [-0.1, -0.05) is 11.6 Å². The first-order chi connectivity index (χ1) is 7.04. The van der Waals surface area contributed by atoms with Crippen molar-refractivity contribution in [2.75, 3.05) is 18.5 Å². The summed E-state index contributed by atoms with van der Waals surface area (Å²) in [6.45, 7) is -0.125. The van der Waals surface area contributed by atoms with Crippen LogP contribution < -0.4 is 5.32 Å². The molecule has 0 bridgehead atoms. The number of benzene rings is 1. The molecule has 0 aliphatic rings. The minimum absolute atomic E-state index is 0.0409. The molecule has 0 amide bonds. The van der Waals surface area contributed by atoms with Gasteiger partial charge in [0.15, 0.2) is 0 Å². The van der Waals surface area contributed by atoms with Crippen LogP contribution in [0.4, 0.5) is 5.69 Å². The number of halogens is 2. The summed E-state index contributed by atoms with van der Waals surface area (Å²) in [6, 6.07) is 2.99. The van der Waals surface area contributed by atoms with Crippen molar-refractivity contribution >= 4 is 33.2 Å². The summed E-state index contributed by atoms with van der Waals surface area (Å²) in [7, 11) is 0. The van der Waals surface area contributed by atoms with E-state index in [-0.39, 0.29) is 23.9 Å². The quantitative estimate of drug-likeness (QED) is 0.680. The van der Waals surface area contributed by atoms with E-state index in [2.05, 4.69) is 21.2 Å². The number of aliphatic hydroxyl groups excluding tert-OH is 2. The van der Waals surface area contributed by atoms with Crippen LogP contribution in [-0.4, -0.2) is 34.6 Å². The summed E-state index contributed by atoms with van der Waals surface area (Å²) in [5.41, 5.74) is 0.601. The van der Waals surface area contributed by atoms with Crippen molar-refractivity contribution in [3.63, 3.8) is 0 Å². The zero-order chi connectivity index (χ0) is 11.4. The Labute approximate surface area is 101 Å². The second-order valence-corrected chi connectivity index (χ2v) is 4.26. The van der Waals surface area contributed by atoms with Crippen molar-refractivity contribution in [1.29, 1.82) is 0 Å². The fourth-order valence-electron chi connectivity index (χ4n) is 0.965. The molecule has 0 saturated carbocycles. The molecule has 0 aromatic heterocycles. The lowest BCUT2D eigenvalue weighted by Gasteiger charge is -2.12. The highest BCUT2D eigenvalue weighted by Gasteiger charge is 2.07. The molecule has 15 heavy (non-hydrogen) atoms. The Kier molecular flexibility index (Phi) is 4.66. The van der Waals surface area contributed by atoms with E-state index in [0.717, 1.165) is 0 Å². The van der Waals surface area contributed by atoms with Crippen LogP contribution in [0.5, 0.6) is 5.75 Å². The number of aliphatic hydroxyl groups is 2. The Morgan fingerprint density at radius 2 is 2.13 bits per heavy atom. The fourth-order valence-corrected chi connectivity index (χ4v) is 1.74. The molecule has 4 nitrogen and oxygen atoms in total. The number of phenolic OH excluding ortho intramolecular Hbond substituents is 1. The van der Waals surface area contributed by atoms with E-state index < -0.39 is 6.10 Å². The van der Waals surface area contributed by atoms with E-state index in [1.165, 1.54) is 6.07 Å². The van der Waals surface area contributed by atoms with Gasteiger partial charge in [0, 0.05) is 17.1 Å². The van der Waals surface area contributed by atoms with Crippen LogP contribution >= 0.6 is 27.5 Å². The van der Waals surface area contributed by atoms with E-state index in [4.69, 9.17) is 21.8 Å². The summed E-state index contributed by atoms with van der Waals surface area (Å²) >= 11 is 8.93. The van der Waals surface area contributed by atoms with Gasteiger partial charge in [-0.3, -0.25) is 0 Å². The highest BCUT2D eigenvalue weighted by atomic mass is 79.9. The number of nitrogens with one attached hydrogen (secondary N) is 1. The normalized spacial score (nSPS) is 12.5. The summed E-state index contributed by atoms with van der Waals surface area (Å²) < 4.78 is 0.676. The van der Waals surface area contributed by atoms with E-state index in [9.17, 15) is 5.11 Å². The third-order valence-electron chi connectivity index (χ3n) is 1.78. The minimum atomic E-state index is -0.838. The summed E-state index contributed by atoms with van der Waals surface area (Å²) in [6.07, 6.45) is -0.838. The number of phenols is 1. The second-order valence-electron chi connectivity index (χ2n) is 3.00. The predicted molar refractivity (Wildman–Crippen MR) is 62.4 cm³/mol. The van der Waals surface area contributed by atoms with Crippen LogP contribution in [-0.2, 0) is 0 Å². The Morgan fingerprint density at radius 1 is 1.47 bits per heavy atom. The molecule has 0 spiro atoms. The Hall–Kier alpha value is -0.490. The summed E-state index contributed by atoms with van der Waals surface area (Å²) in [4.78, 5) is 0. The molecule has 4 N–H and O–H groups in total. The maximum atomic E-state index is 9.34. The smallest absolute Gasteiger partial charge is 0.136 e. The van der Waals surface area contributed by atoms with Gasteiger partial charge in [-0.25, -0.2) is 0 Å². The van der Waals surface area contributed by atoms with Crippen LogP contribution in [0.1, 0.15) is 0 Å². The molecule has 0 fully saturated rings. The molecule has 84 valence electrons. The van der Waals surface area contributed by atoms with Crippen LogP contribution in [0.25, 0.3) is 0 Å². The lowest BCUT2D eigenvalue weighted by atomic mass is 10.3. The highest BCUT2D eigenvalue weighted by molar-refractivity contribution is 9.10. The van der Waals surface area contributed by atoms with Crippen molar-refractivity contribution in [2.24, 2.45) is 0 Å². The van der Waals surface area contributed by atoms with Crippen molar-refractivity contribution in [2.45, 2.75) is 6.10 Å². The number of aromatic hydroxyl groups is 1.